The number of nitrogens with zero attached hydrogens (tertiary/aromatic N) is 5. The number of aromatic nitrogens is 2. The lowest BCUT2D eigenvalue weighted by molar-refractivity contribution is -0.141. The number of phenolic OH excluding ortho intramolecular Hbond substituents is 1. The summed E-state index contributed by atoms with van der Waals surface area (Å²) in [5.74, 6) is -2.31. The van der Waals surface area contributed by atoms with Crippen molar-refractivity contribution in [1.29, 1.82) is 0 Å². The second-order valence-electron chi connectivity index (χ2n) is 17.0. The third kappa shape index (κ3) is 14.9. The lowest BCUT2D eigenvalue weighted by Crippen LogP contribution is -2.43. The van der Waals surface area contributed by atoms with Gasteiger partial charge < -0.3 is 36.4 Å². The summed E-state index contributed by atoms with van der Waals surface area (Å²) in [6.45, 7) is 2.18. The summed E-state index contributed by atoms with van der Waals surface area (Å²) in [7, 11) is -4.16. The zero-order valence-corrected chi connectivity index (χ0v) is 40.2. The number of carbonyl (C=O) groups excluding carboxylic acids is 5. The van der Waals surface area contributed by atoms with E-state index in [4.69, 9.17) is 15.4 Å². The number of unbranched alkanes of at least 4 members (excludes halogenated alkanes) is 4. The maximum Gasteiger partial charge on any atom is 0.435 e. The number of azide groups is 1. The highest BCUT2D eigenvalue weighted by molar-refractivity contribution is 8.00. The zero-order valence-electron chi connectivity index (χ0n) is 38.5. The van der Waals surface area contributed by atoms with Crippen LogP contribution in [0.4, 0.5) is 23.7 Å². The Morgan fingerprint density at radius 2 is 1.62 bits per heavy atom. The minimum atomic E-state index is -4.96. The van der Waals surface area contributed by atoms with Gasteiger partial charge in [-0.3, -0.25) is 14.4 Å². The molecule has 0 aliphatic carbocycles. The molecule has 0 radical (unpaired) electrons. The number of thioether (sulfide) groups is 1. The van der Waals surface area contributed by atoms with Crippen LogP contribution in [0.3, 0.4) is 0 Å². The summed E-state index contributed by atoms with van der Waals surface area (Å²) in [6, 6.07) is 12.1. The number of ether oxygens (including phenoxy) is 1. The number of amides is 5. The van der Waals surface area contributed by atoms with E-state index in [-0.39, 0.29) is 94.4 Å². The molecule has 0 bridgehead atoms. The van der Waals surface area contributed by atoms with Crippen LogP contribution in [0.1, 0.15) is 92.2 Å². The average Bonchev–Trinajstić information content (AvgIpc) is 4.05. The normalized spacial score (nSPS) is 16.7. The average molecular weight is 1030 g/mol. The maximum atomic E-state index is 14.1. The molecule has 0 spiro atoms. The fourth-order valence-electron chi connectivity index (χ4n) is 8.02. The number of fused-ring (bicyclic) bond motifs is 1. The van der Waals surface area contributed by atoms with E-state index in [0.29, 0.717) is 50.0 Å². The Morgan fingerprint density at radius 3 is 2.27 bits per heavy atom. The van der Waals surface area contributed by atoms with Gasteiger partial charge in [0.2, 0.25) is 21.8 Å². The number of esters is 1. The number of urea groups is 1. The van der Waals surface area contributed by atoms with Gasteiger partial charge >= 0.3 is 18.2 Å². The van der Waals surface area contributed by atoms with Gasteiger partial charge in [0.15, 0.2) is 17.2 Å². The Hall–Kier alpha value is -6.82. The molecule has 2 saturated heterocycles. The number of primary sulfonamides is 1. The molecular formula is C46H54F3N11O9S2. The number of sulfonamides is 1. The Bertz CT molecular complexity index is 2730. The molecular weight excluding hydrogens is 972 g/mol. The van der Waals surface area contributed by atoms with E-state index in [0.717, 1.165) is 41.8 Å². The van der Waals surface area contributed by atoms with Crippen molar-refractivity contribution in [3.8, 4) is 28.4 Å². The molecule has 8 N–H and O–H groups in total. The van der Waals surface area contributed by atoms with Gasteiger partial charge in [0.05, 0.1) is 28.4 Å². The minimum Gasteiger partial charge on any atom is -0.504 e. The van der Waals surface area contributed by atoms with Crippen molar-refractivity contribution in [2.75, 3.05) is 18.8 Å². The first-order valence-corrected chi connectivity index (χ1v) is 25.4. The number of aryl methyl sites for hydroxylation is 1. The number of aromatic hydroxyl groups is 1. The van der Waals surface area contributed by atoms with Crippen LogP contribution in [0, 0.1) is 6.92 Å². The van der Waals surface area contributed by atoms with Gasteiger partial charge in [-0.25, -0.2) is 27.8 Å². The predicted octanol–water partition coefficient (Wildman–Crippen LogP) is 6.55. The monoisotopic (exact) mass is 1030 g/mol. The van der Waals surface area contributed by atoms with Crippen LogP contribution in [-0.4, -0.2) is 95.2 Å². The van der Waals surface area contributed by atoms with Gasteiger partial charge in [0, 0.05) is 58.7 Å². The van der Waals surface area contributed by atoms with E-state index >= 15 is 0 Å². The second kappa shape index (κ2) is 24.3. The first-order valence-electron chi connectivity index (χ1n) is 22.9. The van der Waals surface area contributed by atoms with Crippen LogP contribution in [0.5, 0.6) is 11.5 Å². The largest absolute Gasteiger partial charge is 0.504 e. The van der Waals surface area contributed by atoms with Gasteiger partial charge in [-0.15, -0.1) is 0 Å². The smallest absolute Gasteiger partial charge is 0.435 e. The molecule has 2 aliphatic heterocycles. The molecule has 2 aliphatic rings. The molecule has 1 aromatic heterocycles. The molecule has 0 saturated carbocycles. The third-order valence-corrected chi connectivity index (χ3v) is 14.3. The summed E-state index contributed by atoms with van der Waals surface area (Å²) in [6.07, 6.45) is 0.873. The topological polar surface area (TPSA) is 302 Å². The summed E-state index contributed by atoms with van der Waals surface area (Å²) in [5.41, 5.74) is 7.31. The van der Waals surface area contributed by atoms with Gasteiger partial charge in [-0.1, -0.05) is 36.2 Å². The fourth-order valence-corrected chi connectivity index (χ4v) is 10.1. The highest BCUT2D eigenvalue weighted by Gasteiger charge is 2.42. The van der Waals surface area contributed by atoms with E-state index in [1.54, 1.807) is 0 Å². The van der Waals surface area contributed by atoms with Gasteiger partial charge in [0.1, 0.15) is 6.04 Å². The third-order valence-electron chi connectivity index (χ3n) is 11.8. The van der Waals surface area contributed by atoms with Gasteiger partial charge in [-0.2, -0.15) is 30.0 Å². The minimum absolute atomic E-state index is 0.0225. The number of halogens is 3. The number of rotatable bonds is 24. The summed E-state index contributed by atoms with van der Waals surface area (Å²) < 4.78 is 72.8. The van der Waals surface area contributed by atoms with Gasteiger partial charge in [-0.05, 0) is 111 Å². The van der Waals surface area contributed by atoms with E-state index < -0.39 is 51.3 Å². The van der Waals surface area contributed by atoms with Crippen LogP contribution in [0.15, 0.2) is 76.7 Å². The molecule has 25 heteroatoms. The molecule has 3 heterocycles. The number of hydrogen-bond donors (Lipinski definition) is 7. The van der Waals surface area contributed by atoms with Crippen LogP contribution in [0.2, 0.25) is 0 Å². The van der Waals surface area contributed by atoms with Crippen molar-refractivity contribution in [1.82, 2.24) is 36.4 Å². The molecule has 71 heavy (non-hydrogen) atoms. The van der Waals surface area contributed by atoms with Crippen LogP contribution >= 0.6 is 11.8 Å². The van der Waals surface area contributed by atoms with E-state index in [1.807, 2.05) is 11.8 Å². The number of nitrogens with one attached hydrogen (secondary N) is 5. The maximum absolute atomic E-state index is 14.1. The van der Waals surface area contributed by atoms with E-state index in [9.17, 15) is 50.7 Å². The quantitative estimate of drug-likeness (QED) is 0.00750. The number of phenols is 1. The molecule has 0 unspecified atom stereocenters. The number of benzene rings is 3. The van der Waals surface area contributed by atoms with Gasteiger partial charge in [0.25, 0.3) is 5.91 Å². The Labute approximate surface area is 411 Å². The van der Waals surface area contributed by atoms with Crippen LogP contribution < -0.4 is 36.5 Å². The van der Waals surface area contributed by atoms with Crippen molar-refractivity contribution < 1.29 is 55.4 Å². The number of hydrogen-bond acceptors (Lipinski definition) is 12. The molecule has 5 amide bonds. The molecule has 4 atom stereocenters. The zero-order chi connectivity index (χ0) is 51.3. The molecule has 6 rings (SSSR count). The first kappa shape index (κ1) is 53.5. The van der Waals surface area contributed by atoms with Crippen molar-refractivity contribution in [3.63, 3.8) is 0 Å². The highest BCUT2D eigenvalue weighted by atomic mass is 32.2. The fraction of sp³-hybridized carbons (Fsp3) is 0.435. The second-order valence-corrected chi connectivity index (χ2v) is 19.9. The molecule has 380 valence electrons. The lowest BCUT2D eigenvalue weighted by atomic mass is 10.0. The molecule has 2 fully saturated rings. The number of alkyl halides is 3. The highest BCUT2D eigenvalue weighted by Crippen LogP contribution is 2.43. The molecule has 3 aromatic carbocycles. The van der Waals surface area contributed by atoms with Crippen molar-refractivity contribution in [3.05, 3.63) is 94.0 Å². The van der Waals surface area contributed by atoms with Crippen molar-refractivity contribution >= 4 is 57.2 Å². The van der Waals surface area contributed by atoms with Crippen LogP contribution in [0.25, 0.3) is 27.4 Å². The summed E-state index contributed by atoms with van der Waals surface area (Å²) in [4.78, 5) is 66.5. The number of nitrogens with two attached hydrogens (primary N) is 1. The summed E-state index contributed by atoms with van der Waals surface area (Å²) >= 11 is 1.85. The summed E-state index contributed by atoms with van der Waals surface area (Å²) in [5, 5.41) is 38.3. The predicted molar refractivity (Wildman–Crippen MR) is 256 cm³/mol. The number of carbonyl (C=O) groups is 5. The molecule has 4 aromatic rings. The Kier molecular flexibility index (Phi) is 18.4. The lowest BCUT2D eigenvalue weighted by Gasteiger charge is -2.20. The Morgan fingerprint density at radius 1 is 0.958 bits per heavy atom. The standard InChI is InChI=1S/C46H54F3N11O9S2/c1-27-13-22-32(35-25-37(46(47,48)49)58-60(35)30-18-20-31(21-19-30)71(51,67)68)42(41(27)63)69-44(65)33(54-43(64)28-14-16-29(17-15-28)57-59-50)9-6-8-24-53-38(61)11-3-2-7-23-52-39(62)12-5-4-10-36-40-34(26-70-36)55-45(66)56-40/h13-22,25,33-34,36,40,63H,2-12,23-24,26H2,1H3,(H,52,62)(H,53,61)(H,54,64)(H2,51,67,68)(H2,55,56,66)/t33-,34-,36-,40+/m0/s1. The van der Waals surface area contributed by atoms with Crippen molar-refractivity contribution in [2.24, 2.45) is 10.3 Å². The molecule has 20 nitrogen and oxygen atoms in total. The van der Waals surface area contributed by atoms with Crippen molar-refractivity contribution in [2.45, 2.75) is 112 Å². The Balaban J connectivity index is 1.03. The van der Waals surface area contributed by atoms with E-state index in [1.165, 1.54) is 55.5 Å². The van der Waals surface area contributed by atoms with E-state index in [2.05, 4.69) is 41.7 Å². The van der Waals surface area contributed by atoms with Crippen LogP contribution in [-0.2, 0) is 30.6 Å². The first-order chi connectivity index (χ1) is 33.8. The SMILES string of the molecule is Cc1ccc(-c2cc(C(F)(F)F)nn2-c2ccc(S(N)(=O)=O)cc2)c(OC(=O)[C@H](CCCCNC(=O)CCCCCNC(=O)CCCC[C@@H]2SC[C@@H]3NC(=O)N[C@H]32)NC(=O)c2ccc(N=[N+]=[N-])cc2)c1O.